The lowest BCUT2D eigenvalue weighted by atomic mass is 9.94. The van der Waals surface area contributed by atoms with Gasteiger partial charge in [-0.1, -0.05) is 36.1 Å². The number of ether oxygens (including phenoxy) is 1. The smallest absolute Gasteiger partial charge is 0.335 e. The Morgan fingerprint density at radius 1 is 1.16 bits per heavy atom. The van der Waals surface area contributed by atoms with E-state index in [0.29, 0.717) is 5.56 Å². The van der Waals surface area contributed by atoms with Crippen LogP contribution in [0.5, 0.6) is 5.75 Å². The Bertz CT molecular complexity index is 833. The molecule has 3 rings (SSSR count). The van der Waals surface area contributed by atoms with Gasteiger partial charge in [-0.15, -0.1) is 0 Å². The van der Waals surface area contributed by atoms with Crippen molar-refractivity contribution in [3.63, 3.8) is 0 Å². The Labute approximate surface area is 142 Å². The van der Waals surface area contributed by atoms with E-state index in [4.69, 9.17) is 9.84 Å². The number of rotatable bonds is 4. The van der Waals surface area contributed by atoms with Gasteiger partial charge in [0.05, 0.1) is 17.9 Å². The Balaban J connectivity index is 1.79. The second-order valence-corrected chi connectivity index (χ2v) is 5.64. The average Bonchev–Trinajstić information content (AvgIpc) is 2.97. The molecule has 1 saturated heterocycles. The van der Waals surface area contributed by atoms with Gasteiger partial charge in [-0.2, -0.15) is 0 Å². The van der Waals surface area contributed by atoms with Crippen LogP contribution in [-0.2, 0) is 14.3 Å². The highest BCUT2D eigenvalue weighted by Crippen LogP contribution is 2.36. The molecule has 1 aliphatic rings. The summed E-state index contributed by atoms with van der Waals surface area (Å²) in [7, 11) is 0. The van der Waals surface area contributed by atoms with E-state index in [1.54, 1.807) is 24.3 Å². The predicted octanol–water partition coefficient (Wildman–Crippen LogP) is 1.70. The number of nitrogens with one attached hydrogen (secondary N) is 1. The molecule has 0 radical (unpaired) electrons. The molecule has 7 nitrogen and oxygen atoms in total. The quantitative estimate of drug-likeness (QED) is 0.819. The van der Waals surface area contributed by atoms with Crippen molar-refractivity contribution in [2.24, 2.45) is 5.92 Å². The van der Waals surface area contributed by atoms with Gasteiger partial charge in [0.1, 0.15) is 6.10 Å². The monoisotopic (exact) mass is 340 g/mol. The van der Waals surface area contributed by atoms with Gasteiger partial charge in [-0.3, -0.25) is 9.59 Å². The molecular formula is C18H14NO6-. The lowest BCUT2D eigenvalue weighted by Gasteiger charge is -2.18. The van der Waals surface area contributed by atoms with Crippen LogP contribution < -0.4 is 10.4 Å². The fourth-order valence-electron chi connectivity index (χ4n) is 2.74. The molecule has 2 atom stereocenters. The molecule has 2 aromatic carbocycles. The number of carbonyl (C=O) groups excluding carboxylic acids is 2. The molecule has 1 amide bonds. The largest absolute Gasteiger partial charge is 0.872 e. The third kappa shape index (κ3) is 3.45. The molecule has 0 bridgehead atoms. The molecule has 2 aromatic rings. The highest BCUT2D eigenvalue weighted by Gasteiger charge is 2.40. The van der Waals surface area contributed by atoms with Crippen LogP contribution in [0, 0.1) is 5.92 Å². The number of carboxylic acids is 1. The summed E-state index contributed by atoms with van der Waals surface area (Å²) in [6, 6.07) is 12.4. The number of hydrogen-bond acceptors (Lipinski definition) is 5. The van der Waals surface area contributed by atoms with Crippen molar-refractivity contribution in [1.82, 2.24) is 0 Å². The van der Waals surface area contributed by atoms with E-state index < -0.39 is 35.6 Å². The highest BCUT2D eigenvalue weighted by molar-refractivity contribution is 5.97. The van der Waals surface area contributed by atoms with Crippen LogP contribution in [0.4, 0.5) is 5.69 Å². The van der Waals surface area contributed by atoms with E-state index in [1.807, 2.05) is 6.07 Å². The van der Waals surface area contributed by atoms with E-state index in [0.717, 1.165) is 12.1 Å². The number of hydrogen-bond donors (Lipinski definition) is 2. The van der Waals surface area contributed by atoms with E-state index in [2.05, 4.69) is 5.32 Å². The summed E-state index contributed by atoms with van der Waals surface area (Å²) in [4.78, 5) is 35.0. The van der Waals surface area contributed by atoms with Gasteiger partial charge < -0.3 is 20.3 Å². The maximum absolute atomic E-state index is 12.5. The van der Waals surface area contributed by atoms with E-state index in [1.165, 1.54) is 6.07 Å². The van der Waals surface area contributed by atoms with Gasteiger partial charge >= 0.3 is 11.9 Å². The molecule has 128 valence electrons. The molecule has 0 unspecified atom stereocenters. The maximum Gasteiger partial charge on any atom is 0.335 e. The minimum atomic E-state index is -1.33. The Morgan fingerprint density at radius 2 is 1.88 bits per heavy atom. The molecule has 0 saturated carbocycles. The number of aromatic carboxylic acids is 1. The van der Waals surface area contributed by atoms with Crippen molar-refractivity contribution in [1.29, 1.82) is 0 Å². The van der Waals surface area contributed by atoms with Crippen LogP contribution in [0.1, 0.15) is 28.4 Å². The van der Waals surface area contributed by atoms with Crippen LogP contribution in [-0.4, -0.2) is 23.0 Å². The first-order valence-corrected chi connectivity index (χ1v) is 7.55. The van der Waals surface area contributed by atoms with Crippen LogP contribution in [0.15, 0.2) is 48.5 Å². The van der Waals surface area contributed by atoms with Gasteiger partial charge in [-0.05, 0) is 23.8 Å². The highest BCUT2D eigenvalue weighted by atomic mass is 16.6. The third-order valence-electron chi connectivity index (χ3n) is 3.95. The van der Waals surface area contributed by atoms with Crippen LogP contribution in [0.2, 0.25) is 0 Å². The van der Waals surface area contributed by atoms with Crippen LogP contribution >= 0.6 is 0 Å². The first kappa shape index (κ1) is 16.5. The van der Waals surface area contributed by atoms with E-state index in [9.17, 15) is 19.5 Å². The van der Waals surface area contributed by atoms with Crippen molar-refractivity contribution < 1.29 is 29.3 Å². The average molecular weight is 340 g/mol. The second kappa shape index (κ2) is 6.64. The molecule has 0 spiro atoms. The number of carboxylic acid groups (broad SMARTS) is 1. The first-order chi connectivity index (χ1) is 12.0. The summed E-state index contributed by atoms with van der Waals surface area (Å²) in [5, 5.41) is 23.1. The van der Waals surface area contributed by atoms with E-state index in [-0.39, 0.29) is 17.7 Å². The molecule has 1 fully saturated rings. The molecule has 1 heterocycles. The lowest BCUT2D eigenvalue weighted by molar-refractivity contribution is -0.268. The Kier molecular flexibility index (Phi) is 4.38. The molecular weight excluding hydrogens is 326 g/mol. The summed E-state index contributed by atoms with van der Waals surface area (Å²) in [6.07, 6.45) is -0.762. The van der Waals surface area contributed by atoms with Crippen molar-refractivity contribution in [3.05, 3.63) is 59.7 Å². The summed E-state index contributed by atoms with van der Waals surface area (Å²) in [6.45, 7) is 0. The van der Waals surface area contributed by atoms with Crippen molar-refractivity contribution in [2.45, 2.75) is 12.5 Å². The summed E-state index contributed by atoms with van der Waals surface area (Å²) in [5.74, 6) is -3.71. The Hall–Kier alpha value is -3.35. The van der Waals surface area contributed by atoms with Crippen molar-refractivity contribution in [2.75, 3.05) is 5.32 Å². The number of esters is 1. The number of benzene rings is 2. The van der Waals surface area contributed by atoms with Crippen molar-refractivity contribution in [3.8, 4) is 5.75 Å². The molecule has 0 aliphatic carbocycles. The minimum absolute atomic E-state index is 0.0666. The fourth-order valence-corrected chi connectivity index (χ4v) is 2.74. The SMILES string of the molecule is O=C1C[C@H](C(=O)Nc2ccc(C(=O)O)c([O-])c2)[C@@H](c2ccccc2)O1. The fraction of sp³-hybridized carbons (Fsp3) is 0.167. The number of amides is 1. The van der Waals surface area contributed by atoms with Crippen LogP contribution in [0.25, 0.3) is 0 Å². The number of cyclic esters (lactones) is 1. The lowest BCUT2D eigenvalue weighted by Crippen LogP contribution is -2.25. The maximum atomic E-state index is 12.5. The zero-order chi connectivity index (χ0) is 18.0. The predicted molar refractivity (Wildman–Crippen MR) is 84.9 cm³/mol. The minimum Gasteiger partial charge on any atom is -0.872 e. The van der Waals surface area contributed by atoms with Gasteiger partial charge in [0, 0.05) is 5.69 Å². The second-order valence-electron chi connectivity index (χ2n) is 5.64. The van der Waals surface area contributed by atoms with Gasteiger partial charge in [0.15, 0.2) is 0 Å². The molecule has 25 heavy (non-hydrogen) atoms. The molecule has 2 N–H and O–H groups in total. The summed E-state index contributed by atoms with van der Waals surface area (Å²) in [5.41, 5.74) is 0.505. The standard InChI is InChI=1S/C18H15NO6/c20-14-8-11(6-7-12(14)18(23)24)19-17(22)13-9-15(21)25-16(13)10-4-2-1-3-5-10/h1-8,13,16,20H,9H2,(H,19,22)(H,23,24)/p-1/t13-,16+/m0/s1. The molecule has 0 aromatic heterocycles. The van der Waals surface area contributed by atoms with Gasteiger partial charge in [-0.25, -0.2) is 4.79 Å². The summed E-state index contributed by atoms with van der Waals surface area (Å²) >= 11 is 0. The zero-order valence-corrected chi connectivity index (χ0v) is 13.0. The topological polar surface area (TPSA) is 116 Å². The third-order valence-corrected chi connectivity index (χ3v) is 3.95. The molecule has 7 heteroatoms. The molecule has 1 aliphatic heterocycles. The van der Waals surface area contributed by atoms with Crippen molar-refractivity contribution >= 4 is 23.5 Å². The van der Waals surface area contributed by atoms with Crippen LogP contribution in [0.3, 0.4) is 0 Å². The zero-order valence-electron chi connectivity index (χ0n) is 13.0. The number of carbonyl (C=O) groups is 3. The van der Waals surface area contributed by atoms with Gasteiger partial charge in [0.2, 0.25) is 5.91 Å². The first-order valence-electron chi connectivity index (χ1n) is 7.55. The Morgan fingerprint density at radius 3 is 2.52 bits per heavy atom. The number of anilines is 1. The summed E-state index contributed by atoms with van der Waals surface area (Å²) < 4.78 is 5.25. The van der Waals surface area contributed by atoms with E-state index >= 15 is 0 Å². The normalized spacial score (nSPS) is 19.3. The van der Waals surface area contributed by atoms with Gasteiger partial charge in [0.25, 0.3) is 0 Å².